The molecule has 0 spiro atoms. The SMILES string of the molecule is Cc1ccc(C)c(NC(=O)COC(=O)[C@H](C)N2C(=O)c3ccccc3C2=O)c1. The highest BCUT2D eigenvalue weighted by molar-refractivity contribution is 6.22. The van der Waals surface area contributed by atoms with E-state index in [-0.39, 0.29) is 11.1 Å². The van der Waals surface area contributed by atoms with Crippen LogP contribution in [0.2, 0.25) is 0 Å². The summed E-state index contributed by atoms with van der Waals surface area (Å²) in [6, 6.07) is 10.8. The maximum Gasteiger partial charge on any atom is 0.329 e. The van der Waals surface area contributed by atoms with Crippen LogP contribution >= 0.6 is 0 Å². The molecule has 1 heterocycles. The van der Waals surface area contributed by atoms with Gasteiger partial charge in [0.15, 0.2) is 6.61 Å². The van der Waals surface area contributed by atoms with Crippen molar-refractivity contribution in [2.75, 3.05) is 11.9 Å². The molecule has 2 aromatic carbocycles. The Morgan fingerprint density at radius 2 is 1.64 bits per heavy atom. The number of aryl methyl sites for hydroxylation is 2. The average molecular weight is 380 g/mol. The van der Waals surface area contributed by atoms with Gasteiger partial charge in [-0.2, -0.15) is 0 Å². The summed E-state index contributed by atoms with van der Waals surface area (Å²) in [5, 5.41) is 2.68. The first-order valence-corrected chi connectivity index (χ1v) is 8.80. The zero-order valence-corrected chi connectivity index (χ0v) is 15.8. The highest BCUT2D eigenvalue weighted by Gasteiger charge is 2.41. The standard InChI is InChI=1S/C21H20N2O5/c1-12-8-9-13(2)17(10-12)22-18(24)11-28-21(27)14(3)23-19(25)15-6-4-5-7-16(15)20(23)26/h4-10,14H,11H2,1-3H3,(H,22,24)/t14-/m0/s1. The third-order valence-corrected chi connectivity index (χ3v) is 4.57. The van der Waals surface area contributed by atoms with E-state index in [1.165, 1.54) is 19.1 Å². The van der Waals surface area contributed by atoms with E-state index in [1.807, 2.05) is 32.0 Å². The summed E-state index contributed by atoms with van der Waals surface area (Å²) >= 11 is 0. The van der Waals surface area contributed by atoms with Crippen molar-refractivity contribution in [1.82, 2.24) is 4.90 Å². The number of hydrogen-bond acceptors (Lipinski definition) is 5. The minimum Gasteiger partial charge on any atom is -0.454 e. The van der Waals surface area contributed by atoms with Crippen LogP contribution in [0, 0.1) is 13.8 Å². The summed E-state index contributed by atoms with van der Waals surface area (Å²) in [4.78, 5) is 50.1. The van der Waals surface area contributed by atoms with Crippen LogP contribution in [0.4, 0.5) is 5.69 Å². The molecule has 0 fully saturated rings. The average Bonchev–Trinajstić information content (AvgIpc) is 2.93. The molecule has 1 aliphatic rings. The molecule has 1 atom stereocenters. The third-order valence-electron chi connectivity index (χ3n) is 4.57. The van der Waals surface area contributed by atoms with Crippen molar-refractivity contribution in [3.05, 3.63) is 64.7 Å². The summed E-state index contributed by atoms with van der Waals surface area (Å²) in [7, 11) is 0. The molecule has 7 nitrogen and oxygen atoms in total. The smallest absolute Gasteiger partial charge is 0.329 e. The molecule has 0 aromatic heterocycles. The number of fused-ring (bicyclic) bond motifs is 1. The van der Waals surface area contributed by atoms with Crippen molar-refractivity contribution in [3.63, 3.8) is 0 Å². The molecule has 0 bridgehead atoms. The number of amides is 3. The van der Waals surface area contributed by atoms with E-state index >= 15 is 0 Å². The number of rotatable bonds is 5. The van der Waals surface area contributed by atoms with E-state index in [0.717, 1.165) is 16.0 Å². The van der Waals surface area contributed by atoms with Gasteiger partial charge in [-0.3, -0.25) is 19.3 Å². The van der Waals surface area contributed by atoms with Gasteiger partial charge in [-0.1, -0.05) is 24.3 Å². The van der Waals surface area contributed by atoms with Gasteiger partial charge in [0.2, 0.25) is 0 Å². The van der Waals surface area contributed by atoms with Crippen LogP contribution in [-0.4, -0.2) is 41.2 Å². The fourth-order valence-corrected chi connectivity index (χ4v) is 2.98. The van der Waals surface area contributed by atoms with Gasteiger partial charge in [-0.25, -0.2) is 4.79 Å². The predicted octanol–water partition coefficient (Wildman–Crippen LogP) is 2.47. The maximum atomic E-state index is 12.4. The molecule has 0 aliphatic carbocycles. The molecule has 0 saturated carbocycles. The summed E-state index contributed by atoms with van der Waals surface area (Å²) in [6.45, 7) is 4.64. The molecule has 3 amide bonds. The van der Waals surface area contributed by atoms with Crippen LogP contribution in [0.5, 0.6) is 0 Å². The highest BCUT2D eigenvalue weighted by atomic mass is 16.5. The Morgan fingerprint density at radius 3 is 2.25 bits per heavy atom. The number of carbonyl (C=O) groups excluding carboxylic acids is 4. The van der Waals surface area contributed by atoms with Crippen LogP contribution in [0.3, 0.4) is 0 Å². The van der Waals surface area contributed by atoms with Crippen molar-refractivity contribution < 1.29 is 23.9 Å². The van der Waals surface area contributed by atoms with Gasteiger partial charge in [-0.05, 0) is 50.1 Å². The Morgan fingerprint density at radius 1 is 1.04 bits per heavy atom. The van der Waals surface area contributed by atoms with Crippen molar-refractivity contribution in [2.24, 2.45) is 0 Å². The summed E-state index contributed by atoms with van der Waals surface area (Å²) in [5.74, 6) is -2.43. The molecule has 144 valence electrons. The zero-order valence-electron chi connectivity index (χ0n) is 15.8. The van der Waals surface area contributed by atoms with E-state index in [4.69, 9.17) is 4.74 Å². The number of nitrogens with zero attached hydrogens (tertiary/aromatic N) is 1. The zero-order chi connectivity index (χ0) is 20.4. The van der Waals surface area contributed by atoms with Gasteiger partial charge >= 0.3 is 5.97 Å². The van der Waals surface area contributed by atoms with E-state index in [9.17, 15) is 19.2 Å². The van der Waals surface area contributed by atoms with Crippen molar-refractivity contribution in [1.29, 1.82) is 0 Å². The molecule has 1 N–H and O–H groups in total. The fraction of sp³-hybridized carbons (Fsp3) is 0.238. The topological polar surface area (TPSA) is 92.8 Å². The monoisotopic (exact) mass is 380 g/mol. The molecule has 3 rings (SSSR count). The second-order valence-corrected chi connectivity index (χ2v) is 6.68. The maximum absolute atomic E-state index is 12.4. The molecular formula is C21H20N2O5. The molecule has 28 heavy (non-hydrogen) atoms. The number of anilines is 1. The van der Waals surface area contributed by atoms with Crippen LogP contribution in [0.25, 0.3) is 0 Å². The molecule has 0 radical (unpaired) electrons. The third kappa shape index (κ3) is 3.64. The first-order chi connectivity index (χ1) is 13.3. The Kier molecular flexibility index (Phi) is 5.26. The number of benzene rings is 2. The second-order valence-electron chi connectivity index (χ2n) is 6.68. The van der Waals surface area contributed by atoms with E-state index in [2.05, 4.69) is 5.32 Å². The normalized spacial score (nSPS) is 13.9. The van der Waals surface area contributed by atoms with Gasteiger partial charge in [0.1, 0.15) is 6.04 Å². The van der Waals surface area contributed by atoms with Crippen molar-refractivity contribution in [2.45, 2.75) is 26.8 Å². The second kappa shape index (κ2) is 7.64. The first kappa shape index (κ1) is 19.3. The quantitative estimate of drug-likeness (QED) is 0.635. The lowest BCUT2D eigenvalue weighted by molar-refractivity contribution is -0.150. The van der Waals surface area contributed by atoms with Crippen molar-refractivity contribution in [3.8, 4) is 0 Å². The Hall–Kier alpha value is -3.48. The lowest BCUT2D eigenvalue weighted by Gasteiger charge is -2.20. The Bertz CT molecular complexity index is 948. The molecule has 0 unspecified atom stereocenters. The van der Waals surface area contributed by atoms with Crippen LogP contribution in [0.1, 0.15) is 38.8 Å². The molecule has 1 aliphatic heterocycles. The van der Waals surface area contributed by atoms with Crippen LogP contribution in [0.15, 0.2) is 42.5 Å². The number of nitrogens with one attached hydrogen (secondary N) is 1. The predicted molar refractivity (Wildman–Crippen MR) is 102 cm³/mol. The lowest BCUT2D eigenvalue weighted by atomic mass is 10.1. The van der Waals surface area contributed by atoms with Crippen molar-refractivity contribution >= 4 is 29.4 Å². The molecule has 0 saturated heterocycles. The summed E-state index contributed by atoms with van der Waals surface area (Å²) < 4.78 is 5.02. The number of imide groups is 1. The largest absolute Gasteiger partial charge is 0.454 e. The minimum atomic E-state index is -1.14. The Labute approximate surface area is 162 Å². The summed E-state index contributed by atoms with van der Waals surface area (Å²) in [5.41, 5.74) is 3.00. The van der Waals surface area contributed by atoms with E-state index in [1.54, 1.807) is 12.1 Å². The summed E-state index contributed by atoms with van der Waals surface area (Å²) in [6.07, 6.45) is 0. The molecular weight excluding hydrogens is 360 g/mol. The fourth-order valence-electron chi connectivity index (χ4n) is 2.98. The Balaban J connectivity index is 1.61. The first-order valence-electron chi connectivity index (χ1n) is 8.80. The van der Waals surface area contributed by atoms with Gasteiger partial charge in [0, 0.05) is 5.69 Å². The molecule has 7 heteroatoms. The number of ether oxygens (including phenoxy) is 1. The van der Waals surface area contributed by atoms with E-state index < -0.39 is 36.3 Å². The van der Waals surface area contributed by atoms with E-state index in [0.29, 0.717) is 5.69 Å². The van der Waals surface area contributed by atoms with Crippen LogP contribution in [-0.2, 0) is 14.3 Å². The number of esters is 1. The number of carbonyl (C=O) groups is 4. The van der Waals surface area contributed by atoms with Gasteiger partial charge in [0.05, 0.1) is 11.1 Å². The lowest BCUT2D eigenvalue weighted by Crippen LogP contribution is -2.44. The number of hydrogen-bond donors (Lipinski definition) is 1. The van der Waals surface area contributed by atoms with Gasteiger partial charge in [-0.15, -0.1) is 0 Å². The van der Waals surface area contributed by atoms with Crippen LogP contribution < -0.4 is 5.32 Å². The van der Waals surface area contributed by atoms with Gasteiger partial charge < -0.3 is 10.1 Å². The molecule has 2 aromatic rings. The minimum absolute atomic E-state index is 0.250. The highest BCUT2D eigenvalue weighted by Crippen LogP contribution is 2.24. The van der Waals surface area contributed by atoms with Gasteiger partial charge in [0.25, 0.3) is 17.7 Å².